The maximum absolute atomic E-state index is 12.8. The molecule has 0 spiro atoms. The molecular formula is C96H88O21S. The lowest BCUT2D eigenvalue weighted by Gasteiger charge is -2.17. The van der Waals surface area contributed by atoms with Gasteiger partial charge in [-0.1, -0.05) is 91.7 Å². The topological polar surface area (TPSA) is 244 Å². The van der Waals surface area contributed by atoms with E-state index in [1.54, 1.807) is 55.3 Å². The lowest BCUT2D eigenvalue weighted by molar-refractivity contribution is -0.341. The Balaban J connectivity index is 0.000000190. The minimum atomic E-state index is -0.628. The molecule has 4 atom stereocenters. The van der Waals surface area contributed by atoms with Gasteiger partial charge in [-0.05, 0) is 229 Å². The van der Waals surface area contributed by atoms with Crippen molar-refractivity contribution in [3.05, 3.63) is 324 Å². The molecule has 2 aliphatic rings. The third-order valence-corrected chi connectivity index (χ3v) is 18.3. The minimum absolute atomic E-state index is 0.0543. The summed E-state index contributed by atoms with van der Waals surface area (Å²) < 4.78 is 70.9. The van der Waals surface area contributed by atoms with Crippen molar-refractivity contribution in [1.82, 2.24) is 0 Å². The van der Waals surface area contributed by atoms with Crippen LogP contribution in [-0.4, -0.2) is 132 Å². The van der Waals surface area contributed by atoms with Gasteiger partial charge in [0.25, 0.3) is 0 Å². The molecule has 21 nitrogen and oxygen atoms in total. The number of thioether (sulfide) groups is 1. The third-order valence-electron chi connectivity index (χ3n) is 17.5. The standard InChI is InChI=1S/C36H34O12.C30H28O6.C30H26O3S/c1-40-27-14-16-29(17-15-27)44-22-43-28-10-4-24(5-11-28)19-45-48-32-21-42-33-31(20-41-34(32)33)47-36(39)26-8-12-30(13-9-26)46-35(38)25-6-2-23(18-37)3-7-25;1-3-29(31)35-19-5-17-33-27-14-10-23(11-15-27)7-8-24-9-12-26-22-28(16-13-25(26)21-24)34-18-6-20-36-30(32)4-2;1-4-30(31)33-21-5-20-32-28-16-10-25(11-17-28)8-14-27-15-9-26(22-23(27)2)7-6-24-12-18-29(34-3)19-13-24/h2-17,31-34,37H,18-22H2,1H3;3-4,9-16,21-22H,1-2,5-6,17-20H2;4,9-13,15-19,22H,1,5,20-21H2,2-3H3/t31?,32-,33+,34+;;/m0../s1. The van der Waals surface area contributed by atoms with Gasteiger partial charge in [0.1, 0.15) is 65.2 Å². The van der Waals surface area contributed by atoms with E-state index in [4.69, 9.17) is 76.5 Å². The summed E-state index contributed by atoms with van der Waals surface area (Å²) in [5, 5.41) is 11.3. The van der Waals surface area contributed by atoms with Gasteiger partial charge < -0.3 is 66.7 Å². The molecule has 12 rings (SSSR count). The summed E-state index contributed by atoms with van der Waals surface area (Å²) in [6.07, 6.45) is 5.23. The maximum Gasteiger partial charge on any atom is 0.343 e. The minimum Gasteiger partial charge on any atom is -0.497 e. The van der Waals surface area contributed by atoms with E-state index in [0.29, 0.717) is 81.5 Å². The van der Waals surface area contributed by atoms with E-state index in [0.717, 1.165) is 96.5 Å². The van der Waals surface area contributed by atoms with Crippen LogP contribution in [-0.2, 0) is 65.8 Å². The van der Waals surface area contributed by atoms with Crippen LogP contribution in [0.4, 0.5) is 0 Å². The monoisotopic (exact) mass is 1610 g/mol. The highest BCUT2D eigenvalue weighted by Crippen LogP contribution is 2.32. The fourth-order valence-electron chi connectivity index (χ4n) is 11.2. The Labute approximate surface area is 690 Å². The Morgan fingerprint density at radius 1 is 0.441 bits per heavy atom. The van der Waals surface area contributed by atoms with Crippen LogP contribution < -0.4 is 33.2 Å². The number of carbonyl (C=O) groups excluding carboxylic acids is 5. The molecule has 0 bridgehead atoms. The number of carbonyl (C=O) groups is 5. The van der Waals surface area contributed by atoms with Crippen LogP contribution in [0.25, 0.3) is 10.8 Å². The largest absolute Gasteiger partial charge is 0.497 e. The number of aryl methyl sites for hydroxylation is 1. The Kier molecular flexibility index (Phi) is 34.6. The predicted octanol–water partition coefficient (Wildman–Crippen LogP) is 15.9. The smallest absolute Gasteiger partial charge is 0.343 e. The maximum atomic E-state index is 12.8. The number of aliphatic hydroxyl groups excluding tert-OH is 1. The van der Waals surface area contributed by atoms with Gasteiger partial charge in [-0.25, -0.2) is 33.7 Å². The van der Waals surface area contributed by atoms with E-state index in [1.165, 1.54) is 29.2 Å². The van der Waals surface area contributed by atoms with Crippen molar-refractivity contribution >= 4 is 52.4 Å². The van der Waals surface area contributed by atoms with Crippen LogP contribution in [0.15, 0.2) is 267 Å². The van der Waals surface area contributed by atoms with Crippen LogP contribution in [0, 0.1) is 42.4 Å². The molecule has 0 radical (unpaired) electrons. The van der Waals surface area contributed by atoms with Gasteiger partial charge in [0, 0.05) is 75.8 Å². The molecule has 2 saturated heterocycles. The average Bonchev–Trinajstić information content (AvgIpc) is 1.64. The lowest BCUT2D eigenvalue weighted by atomic mass is 10.0. The van der Waals surface area contributed by atoms with Crippen LogP contribution in [0.5, 0.6) is 40.2 Å². The lowest BCUT2D eigenvalue weighted by Crippen LogP contribution is -2.35. The molecule has 10 aromatic rings. The molecule has 2 aliphatic heterocycles. The Morgan fingerprint density at radius 3 is 1.40 bits per heavy atom. The van der Waals surface area contributed by atoms with Crippen molar-refractivity contribution in [2.45, 2.75) is 68.7 Å². The second-order valence-corrected chi connectivity index (χ2v) is 26.8. The summed E-state index contributed by atoms with van der Waals surface area (Å²) in [5.74, 6) is 21.4. The average molecular weight is 1610 g/mol. The summed E-state index contributed by atoms with van der Waals surface area (Å²) in [6.45, 7) is 14.9. The molecule has 22 heteroatoms. The van der Waals surface area contributed by atoms with E-state index in [9.17, 15) is 24.0 Å². The van der Waals surface area contributed by atoms with Gasteiger partial charge in [-0.15, -0.1) is 11.8 Å². The van der Waals surface area contributed by atoms with Crippen molar-refractivity contribution in [3.63, 3.8) is 0 Å². The number of esters is 5. The van der Waals surface area contributed by atoms with Gasteiger partial charge in [0.15, 0.2) is 6.10 Å². The molecule has 2 fully saturated rings. The molecule has 118 heavy (non-hydrogen) atoms. The second-order valence-electron chi connectivity index (χ2n) is 25.9. The zero-order chi connectivity index (χ0) is 83.1. The number of fused-ring (bicyclic) bond motifs is 2. The number of hydrogen-bond acceptors (Lipinski definition) is 22. The van der Waals surface area contributed by atoms with E-state index < -0.39 is 54.3 Å². The number of methoxy groups -OCH3 is 1. The SMILES string of the molecule is C=CC(=O)OCCCOc1ccc(C#Cc2ccc(C#Cc3ccc(SC)cc3)cc2C)cc1.C=CC(=O)OCCCOc1ccc(C#Cc2ccc3cc(OCCCOC(=O)C=C)ccc3c2)cc1.COc1ccc(OCOc2ccc(COO[C@H]3CO[C@@H]4C(OC(=O)c5ccc(OC(=O)c6ccc(CO)cc6)cc5)CO[C@H]34)cc2)cc1. The van der Waals surface area contributed by atoms with E-state index >= 15 is 0 Å². The molecule has 1 unspecified atom stereocenters. The van der Waals surface area contributed by atoms with Crippen LogP contribution in [0.1, 0.15) is 90.0 Å². The zero-order valence-corrected chi connectivity index (χ0v) is 66.3. The second kappa shape index (κ2) is 46.9. The highest BCUT2D eigenvalue weighted by molar-refractivity contribution is 7.98. The molecule has 0 amide bonds. The van der Waals surface area contributed by atoms with Gasteiger partial charge in [0.05, 0.1) is 77.7 Å². The fraction of sp³-hybridized carbons (Fsp3) is 0.219. The first-order valence-electron chi connectivity index (χ1n) is 37.7. The van der Waals surface area contributed by atoms with E-state index in [1.807, 2.05) is 153 Å². The van der Waals surface area contributed by atoms with Crippen molar-refractivity contribution in [1.29, 1.82) is 0 Å². The first kappa shape index (κ1) is 87.1. The highest BCUT2D eigenvalue weighted by atomic mass is 32.2. The van der Waals surface area contributed by atoms with Crippen molar-refractivity contribution < 1.29 is 100 Å². The third kappa shape index (κ3) is 28.6. The summed E-state index contributed by atoms with van der Waals surface area (Å²) in [7, 11) is 1.61. The quantitative estimate of drug-likeness (QED) is 0.00384. The number of benzene rings is 10. The predicted molar refractivity (Wildman–Crippen MR) is 446 cm³/mol. The van der Waals surface area contributed by atoms with Gasteiger partial charge >= 0.3 is 29.8 Å². The van der Waals surface area contributed by atoms with Crippen LogP contribution in [0.3, 0.4) is 0 Å². The first-order valence-corrected chi connectivity index (χ1v) is 38.9. The highest BCUT2D eigenvalue weighted by Gasteiger charge is 2.51. The zero-order valence-electron chi connectivity index (χ0n) is 65.4. The molecule has 2 heterocycles. The van der Waals surface area contributed by atoms with Gasteiger partial charge in [-0.2, -0.15) is 0 Å². The molecule has 604 valence electrons. The molecule has 0 aliphatic carbocycles. The van der Waals surface area contributed by atoms with Crippen molar-refractivity contribution in [2.75, 3.05) is 73.0 Å². The fourth-order valence-corrected chi connectivity index (χ4v) is 11.6. The van der Waals surface area contributed by atoms with Crippen molar-refractivity contribution in [2.24, 2.45) is 0 Å². The van der Waals surface area contributed by atoms with Crippen molar-refractivity contribution in [3.8, 4) is 75.8 Å². The number of aliphatic hydroxyl groups is 1. The summed E-state index contributed by atoms with van der Waals surface area (Å²) in [6, 6.07) is 68.5. The summed E-state index contributed by atoms with van der Waals surface area (Å²) in [4.78, 5) is 70.6. The first-order chi connectivity index (χ1) is 57.6. The molecule has 1 N–H and O–H groups in total. The molecular weight excluding hydrogens is 1520 g/mol. The Morgan fingerprint density at radius 2 is 0.856 bits per heavy atom. The number of rotatable bonds is 33. The normalized spacial score (nSPS) is 13.9. The Bertz CT molecular complexity index is 5190. The van der Waals surface area contributed by atoms with E-state index in [2.05, 4.69) is 79.7 Å². The summed E-state index contributed by atoms with van der Waals surface area (Å²) >= 11 is 1.72. The number of hydrogen-bond donors (Lipinski definition) is 1. The van der Waals surface area contributed by atoms with Crippen LogP contribution in [0.2, 0.25) is 0 Å². The van der Waals surface area contributed by atoms with E-state index in [-0.39, 0.29) is 44.5 Å². The van der Waals surface area contributed by atoms with Crippen LogP contribution >= 0.6 is 11.8 Å². The van der Waals surface area contributed by atoms with Gasteiger partial charge in [-0.3, -0.25) is 0 Å². The summed E-state index contributed by atoms with van der Waals surface area (Å²) in [5.41, 5.74) is 8.91. The molecule has 0 aromatic heterocycles. The Hall–Kier alpha value is -13.3. The van der Waals surface area contributed by atoms with Gasteiger partial charge in [0.2, 0.25) is 6.79 Å². The molecule has 0 saturated carbocycles. The number of ether oxygens (including phenoxy) is 13. The molecule has 10 aromatic carbocycles.